The molecule has 1 saturated heterocycles. The number of fused-ring (bicyclic) bond motifs is 1. The lowest BCUT2D eigenvalue weighted by Crippen LogP contribution is -2.56. The predicted molar refractivity (Wildman–Crippen MR) is 152 cm³/mol. The van der Waals surface area contributed by atoms with Crippen molar-refractivity contribution in [1.82, 2.24) is 15.0 Å². The summed E-state index contributed by atoms with van der Waals surface area (Å²) in [6, 6.07) is 17.4. The topological polar surface area (TPSA) is 51.0 Å². The van der Waals surface area contributed by atoms with Gasteiger partial charge in [0.05, 0.1) is 25.5 Å². The Hall–Kier alpha value is -3.49. The molecular formula is C32H37F2N3O3. The van der Waals surface area contributed by atoms with Crippen molar-refractivity contribution < 1.29 is 22.8 Å². The van der Waals surface area contributed by atoms with Crippen molar-refractivity contribution in [3.63, 3.8) is 0 Å². The molecule has 6 nitrogen and oxygen atoms in total. The number of hydrogen-bond donors (Lipinski definition) is 0. The third kappa shape index (κ3) is 5.56. The lowest BCUT2D eigenvalue weighted by atomic mass is 9.77. The molecule has 1 aliphatic heterocycles. The largest absolute Gasteiger partial charge is 0.493 e. The Morgan fingerprint density at radius 3 is 1.98 bits per heavy atom. The molecule has 1 aromatic heterocycles. The molecule has 0 amide bonds. The van der Waals surface area contributed by atoms with E-state index in [4.69, 9.17) is 14.0 Å². The Balaban J connectivity index is 1.28. The van der Waals surface area contributed by atoms with Crippen LogP contribution < -0.4 is 9.47 Å². The lowest BCUT2D eigenvalue weighted by Gasteiger charge is -2.49. The van der Waals surface area contributed by atoms with Crippen LogP contribution in [0, 0.1) is 11.6 Å². The van der Waals surface area contributed by atoms with Gasteiger partial charge in [0.2, 0.25) is 0 Å². The molecular weight excluding hydrogens is 512 g/mol. The van der Waals surface area contributed by atoms with Gasteiger partial charge in [-0.05, 0) is 67.3 Å². The van der Waals surface area contributed by atoms with Gasteiger partial charge in [-0.2, -0.15) is 0 Å². The van der Waals surface area contributed by atoms with Crippen LogP contribution in [-0.4, -0.2) is 61.9 Å². The SMILES string of the molecule is CCCC(c1ccc(F)cc1)(c1ccc(F)cc1)N1CCN(CCCc2noc3cc(OC)c(OC)cc23)CC1. The number of ether oxygens (including phenoxy) is 2. The van der Waals surface area contributed by atoms with E-state index in [-0.39, 0.29) is 11.6 Å². The Kier molecular flexibility index (Phi) is 8.66. The van der Waals surface area contributed by atoms with Crippen molar-refractivity contribution in [3.05, 3.63) is 89.1 Å². The highest BCUT2D eigenvalue weighted by molar-refractivity contribution is 5.83. The minimum absolute atomic E-state index is 0.254. The van der Waals surface area contributed by atoms with E-state index < -0.39 is 5.54 Å². The van der Waals surface area contributed by atoms with Gasteiger partial charge in [-0.1, -0.05) is 42.8 Å². The number of aryl methyl sites for hydroxylation is 1. The summed E-state index contributed by atoms with van der Waals surface area (Å²) in [5.74, 6) is 0.774. The lowest BCUT2D eigenvalue weighted by molar-refractivity contribution is 0.0462. The Bertz CT molecular complexity index is 1350. The normalized spacial score (nSPS) is 15.0. The van der Waals surface area contributed by atoms with Crippen molar-refractivity contribution in [2.45, 2.75) is 38.1 Å². The molecule has 0 spiro atoms. The van der Waals surface area contributed by atoms with Crippen molar-refractivity contribution in [1.29, 1.82) is 0 Å². The smallest absolute Gasteiger partial charge is 0.171 e. The van der Waals surface area contributed by atoms with Crippen molar-refractivity contribution >= 4 is 11.0 Å². The second kappa shape index (κ2) is 12.4. The maximum atomic E-state index is 13.9. The van der Waals surface area contributed by atoms with Gasteiger partial charge in [0.15, 0.2) is 17.1 Å². The van der Waals surface area contributed by atoms with E-state index in [9.17, 15) is 8.78 Å². The van der Waals surface area contributed by atoms with Crippen LogP contribution >= 0.6 is 0 Å². The summed E-state index contributed by atoms with van der Waals surface area (Å²) < 4.78 is 44.2. The molecule has 0 saturated carbocycles. The highest BCUT2D eigenvalue weighted by atomic mass is 19.1. The highest BCUT2D eigenvalue weighted by Gasteiger charge is 2.40. The molecule has 1 fully saturated rings. The number of aromatic nitrogens is 1. The summed E-state index contributed by atoms with van der Waals surface area (Å²) in [4.78, 5) is 4.98. The fraction of sp³-hybridized carbons (Fsp3) is 0.406. The Labute approximate surface area is 234 Å². The molecule has 1 aliphatic rings. The van der Waals surface area contributed by atoms with Crippen molar-refractivity contribution in [3.8, 4) is 11.5 Å². The number of rotatable bonds is 11. The highest BCUT2D eigenvalue weighted by Crippen LogP contribution is 2.41. The predicted octanol–water partition coefficient (Wildman–Crippen LogP) is 6.42. The van der Waals surface area contributed by atoms with Gasteiger partial charge in [0, 0.05) is 37.6 Å². The van der Waals surface area contributed by atoms with Gasteiger partial charge in [-0.15, -0.1) is 0 Å². The van der Waals surface area contributed by atoms with Crippen LogP contribution in [0.15, 0.2) is 65.2 Å². The molecule has 8 heteroatoms. The van der Waals surface area contributed by atoms with Gasteiger partial charge in [-0.25, -0.2) is 8.78 Å². The number of hydrogen-bond acceptors (Lipinski definition) is 6. The van der Waals surface area contributed by atoms with E-state index in [2.05, 4.69) is 21.9 Å². The van der Waals surface area contributed by atoms with E-state index in [1.165, 1.54) is 24.3 Å². The van der Waals surface area contributed by atoms with E-state index in [0.717, 1.165) is 80.6 Å². The number of nitrogens with zero attached hydrogens (tertiary/aromatic N) is 3. The number of halogens is 2. The monoisotopic (exact) mass is 549 g/mol. The molecule has 212 valence electrons. The quantitative estimate of drug-likeness (QED) is 0.215. The van der Waals surface area contributed by atoms with E-state index in [0.29, 0.717) is 17.1 Å². The first-order valence-corrected chi connectivity index (χ1v) is 14.0. The number of benzene rings is 3. The van der Waals surface area contributed by atoms with Gasteiger partial charge in [0.25, 0.3) is 0 Å². The minimum atomic E-state index is -0.442. The standard InChI is InChI=1S/C32H37F2N3O3/c1-4-15-32(23-7-11-25(33)12-8-23,24-9-13-26(34)14-10-24)37-19-17-36(18-20-37)16-5-6-28-27-21-30(38-2)31(39-3)22-29(27)40-35-28/h7-14,21-22H,4-6,15-20H2,1-3H3. The molecule has 40 heavy (non-hydrogen) atoms. The summed E-state index contributed by atoms with van der Waals surface area (Å²) in [7, 11) is 3.23. The summed E-state index contributed by atoms with van der Waals surface area (Å²) in [6.07, 6.45) is 3.55. The molecule has 3 aromatic carbocycles. The first-order chi connectivity index (χ1) is 19.5. The second-order valence-electron chi connectivity index (χ2n) is 10.4. The first-order valence-electron chi connectivity index (χ1n) is 14.0. The Morgan fingerprint density at radius 1 is 0.850 bits per heavy atom. The summed E-state index contributed by atoms with van der Waals surface area (Å²) in [5.41, 5.74) is 3.25. The summed E-state index contributed by atoms with van der Waals surface area (Å²) >= 11 is 0. The molecule has 0 radical (unpaired) electrons. The third-order valence-corrected chi connectivity index (χ3v) is 8.11. The van der Waals surface area contributed by atoms with E-state index >= 15 is 0 Å². The van der Waals surface area contributed by atoms with Crippen molar-refractivity contribution in [2.75, 3.05) is 46.9 Å². The zero-order valence-electron chi connectivity index (χ0n) is 23.5. The molecule has 0 bridgehead atoms. The maximum absolute atomic E-state index is 13.9. The molecule has 0 unspecified atom stereocenters. The van der Waals surface area contributed by atoms with Crippen LogP contribution in [0.3, 0.4) is 0 Å². The molecule has 2 heterocycles. The minimum Gasteiger partial charge on any atom is -0.493 e. The molecule has 0 atom stereocenters. The van der Waals surface area contributed by atoms with Crippen LogP contribution in [-0.2, 0) is 12.0 Å². The molecule has 0 aliphatic carbocycles. The zero-order valence-corrected chi connectivity index (χ0v) is 23.5. The van der Waals surface area contributed by atoms with E-state index in [1.54, 1.807) is 14.2 Å². The van der Waals surface area contributed by atoms with Crippen LogP contribution in [0.2, 0.25) is 0 Å². The number of piperazine rings is 1. The fourth-order valence-electron chi connectivity index (χ4n) is 6.11. The number of methoxy groups -OCH3 is 2. The third-order valence-electron chi connectivity index (χ3n) is 8.11. The zero-order chi connectivity index (χ0) is 28.1. The summed E-state index contributed by atoms with van der Waals surface area (Å²) in [6.45, 7) is 6.66. The van der Waals surface area contributed by atoms with Crippen LogP contribution in [0.25, 0.3) is 11.0 Å². The fourth-order valence-corrected chi connectivity index (χ4v) is 6.11. The van der Waals surface area contributed by atoms with Crippen LogP contribution in [0.1, 0.15) is 43.0 Å². The van der Waals surface area contributed by atoms with Gasteiger partial charge in [-0.3, -0.25) is 4.90 Å². The summed E-state index contributed by atoms with van der Waals surface area (Å²) in [5, 5.41) is 5.26. The maximum Gasteiger partial charge on any atom is 0.171 e. The van der Waals surface area contributed by atoms with Crippen LogP contribution in [0.5, 0.6) is 11.5 Å². The van der Waals surface area contributed by atoms with Gasteiger partial charge >= 0.3 is 0 Å². The first kappa shape index (κ1) is 28.1. The molecule has 4 aromatic rings. The van der Waals surface area contributed by atoms with E-state index in [1.807, 2.05) is 36.4 Å². The molecule has 0 N–H and O–H groups in total. The second-order valence-corrected chi connectivity index (χ2v) is 10.4. The van der Waals surface area contributed by atoms with Gasteiger partial charge in [0.1, 0.15) is 11.6 Å². The average molecular weight is 550 g/mol. The van der Waals surface area contributed by atoms with Gasteiger partial charge < -0.3 is 18.9 Å². The van der Waals surface area contributed by atoms with Crippen molar-refractivity contribution in [2.24, 2.45) is 0 Å². The molecule has 5 rings (SSSR count). The van der Waals surface area contributed by atoms with Crippen LogP contribution in [0.4, 0.5) is 8.78 Å². The Morgan fingerprint density at radius 2 is 1.43 bits per heavy atom. The average Bonchev–Trinajstić information content (AvgIpc) is 3.38.